The SMILES string of the molecule is FC1=CC=C(c2csc(-c3ccncc3)n2)CC1. The molecule has 0 bridgehead atoms. The van der Waals surface area contributed by atoms with Crippen LogP contribution in [0.1, 0.15) is 18.5 Å². The van der Waals surface area contributed by atoms with E-state index in [-0.39, 0.29) is 5.83 Å². The van der Waals surface area contributed by atoms with Crippen LogP contribution < -0.4 is 0 Å². The van der Waals surface area contributed by atoms with Gasteiger partial charge in [0.15, 0.2) is 0 Å². The van der Waals surface area contributed by atoms with Gasteiger partial charge in [-0.1, -0.05) is 6.08 Å². The Balaban J connectivity index is 1.91. The van der Waals surface area contributed by atoms with Gasteiger partial charge in [-0.05, 0) is 30.2 Å². The fourth-order valence-corrected chi connectivity index (χ4v) is 2.72. The average Bonchev–Trinajstić information content (AvgIpc) is 2.90. The first-order valence-electron chi connectivity index (χ1n) is 5.74. The number of rotatable bonds is 2. The highest BCUT2D eigenvalue weighted by molar-refractivity contribution is 7.13. The minimum Gasteiger partial charge on any atom is -0.265 e. The monoisotopic (exact) mass is 258 g/mol. The first kappa shape index (κ1) is 11.3. The zero-order valence-electron chi connectivity index (χ0n) is 9.64. The Morgan fingerprint density at radius 1 is 1.11 bits per heavy atom. The van der Waals surface area contributed by atoms with Crippen LogP contribution in [0.3, 0.4) is 0 Å². The third-order valence-electron chi connectivity index (χ3n) is 2.86. The Morgan fingerprint density at radius 2 is 1.94 bits per heavy atom. The van der Waals surface area contributed by atoms with Crippen LogP contribution in [-0.2, 0) is 0 Å². The van der Waals surface area contributed by atoms with Gasteiger partial charge in [0.05, 0.1) is 5.69 Å². The lowest BCUT2D eigenvalue weighted by Crippen LogP contribution is -1.91. The van der Waals surface area contributed by atoms with E-state index in [0.29, 0.717) is 6.42 Å². The molecule has 1 aliphatic carbocycles. The van der Waals surface area contributed by atoms with Gasteiger partial charge in [-0.15, -0.1) is 11.3 Å². The lowest BCUT2D eigenvalue weighted by Gasteiger charge is -2.07. The number of thiazole rings is 1. The molecular formula is C14H11FN2S. The van der Waals surface area contributed by atoms with Crippen molar-refractivity contribution < 1.29 is 4.39 Å². The highest BCUT2D eigenvalue weighted by Gasteiger charge is 2.11. The van der Waals surface area contributed by atoms with Gasteiger partial charge < -0.3 is 0 Å². The lowest BCUT2D eigenvalue weighted by atomic mass is 10.0. The van der Waals surface area contributed by atoms with Crippen LogP contribution in [0.2, 0.25) is 0 Å². The number of halogens is 1. The van der Waals surface area contributed by atoms with Crippen LogP contribution in [0.4, 0.5) is 4.39 Å². The first-order chi connectivity index (χ1) is 8.83. The van der Waals surface area contributed by atoms with Crippen molar-refractivity contribution in [3.63, 3.8) is 0 Å². The van der Waals surface area contributed by atoms with Crippen LogP contribution in [0.15, 0.2) is 47.9 Å². The summed E-state index contributed by atoms with van der Waals surface area (Å²) in [6, 6.07) is 3.88. The van der Waals surface area contributed by atoms with Crippen LogP contribution in [-0.4, -0.2) is 9.97 Å². The summed E-state index contributed by atoms with van der Waals surface area (Å²) in [5, 5.41) is 3.00. The van der Waals surface area contributed by atoms with Crippen molar-refractivity contribution in [3.8, 4) is 10.6 Å². The maximum absolute atomic E-state index is 12.9. The van der Waals surface area contributed by atoms with Crippen molar-refractivity contribution in [2.75, 3.05) is 0 Å². The zero-order valence-corrected chi connectivity index (χ0v) is 10.5. The van der Waals surface area contributed by atoms with E-state index >= 15 is 0 Å². The molecule has 0 fully saturated rings. The molecule has 1 aliphatic rings. The predicted octanol–water partition coefficient (Wildman–Crippen LogP) is 4.24. The standard InChI is InChI=1S/C14H11FN2S/c15-12-3-1-10(2-4-12)13-9-18-14(17-13)11-5-7-16-8-6-11/h1,3,5-9H,2,4H2. The smallest absolute Gasteiger partial charge is 0.124 e. The fourth-order valence-electron chi connectivity index (χ4n) is 1.87. The molecule has 0 amide bonds. The number of aromatic nitrogens is 2. The molecule has 2 nitrogen and oxygen atoms in total. The fraction of sp³-hybridized carbons (Fsp3) is 0.143. The van der Waals surface area contributed by atoms with E-state index in [2.05, 4.69) is 9.97 Å². The van der Waals surface area contributed by atoms with E-state index in [1.807, 2.05) is 23.6 Å². The highest BCUT2D eigenvalue weighted by atomic mass is 32.1. The van der Waals surface area contributed by atoms with Gasteiger partial charge in [-0.2, -0.15) is 0 Å². The second kappa shape index (κ2) is 4.82. The number of hydrogen-bond acceptors (Lipinski definition) is 3. The molecule has 0 N–H and O–H groups in total. The molecule has 0 aromatic carbocycles. The number of nitrogens with zero attached hydrogens (tertiary/aromatic N) is 2. The van der Waals surface area contributed by atoms with Crippen LogP contribution >= 0.6 is 11.3 Å². The number of hydrogen-bond donors (Lipinski definition) is 0. The second-order valence-corrected chi connectivity index (χ2v) is 4.94. The quantitative estimate of drug-likeness (QED) is 0.805. The van der Waals surface area contributed by atoms with Gasteiger partial charge in [-0.25, -0.2) is 9.37 Å². The summed E-state index contributed by atoms with van der Waals surface area (Å²) in [6.45, 7) is 0. The summed E-state index contributed by atoms with van der Waals surface area (Å²) in [5.41, 5.74) is 3.13. The van der Waals surface area contributed by atoms with Crippen LogP contribution in [0, 0.1) is 0 Å². The summed E-state index contributed by atoms with van der Waals surface area (Å²) >= 11 is 1.60. The van der Waals surface area contributed by atoms with Crippen molar-refractivity contribution in [2.24, 2.45) is 0 Å². The predicted molar refractivity (Wildman–Crippen MR) is 71.7 cm³/mol. The van der Waals surface area contributed by atoms with Gasteiger partial charge >= 0.3 is 0 Å². The average molecular weight is 258 g/mol. The van der Waals surface area contributed by atoms with Gasteiger partial charge in [0.1, 0.15) is 10.8 Å². The molecule has 4 heteroatoms. The molecule has 0 saturated carbocycles. The van der Waals surface area contributed by atoms with E-state index < -0.39 is 0 Å². The van der Waals surface area contributed by atoms with Crippen LogP contribution in [0.25, 0.3) is 16.1 Å². The van der Waals surface area contributed by atoms with Crippen molar-refractivity contribution in [3.05, 3.63) is 53.6 Å². The number of allylic oxidation sites excluding steroid dienone is 4. The molecule has 0 saturated heterocycles. The summed E-state index contributed by atoms with van der Waals surface area (Å²) in [4.78, 5) is 8.59. The van der Waals surface area contributed by atoms with Crippen LogP contribution in [0.5, 0.6) is 0 Å². The molecule has 2 aromatic rings. The summed E-state index contributed by atoms with van der Waals surface area (Å²) < 4.78 is 12.9. The zero-order chi connectivity index (χ0) is 12.4. The van der Waals surface area contributed by atoms with Crippen molar-refractivity contribution >= 4 is 16.9 Å². The van der Waals surface area contributed by atoms with E-state index in [1.165, 1.54) is 6.08 Å². The lowest BCUT2D eigenvalue weighted by molar-refractivity contribution is 0.590. The Hall–Kier alpha value is -1.81. The van der Waals surface area contributed by atoms with Gasteiger partial charge in [0.2, 0.25) is 0 Å². The largest absolute Gasteiger partial charge is 0.265 e. The van der Waals surface area contributed by atoms with Gasteiger partial charge in [0, 0.05) is 29.8 Å². The summed E-state index contributed by atoms with van der Waals surface area (Å²) in [6.07, 6.45) is 8.08. The molecule has 0 unspecified atom stereocenters. The number of pyridine rings is 1. The molecule has 90 valence electrons. The molecule has 0 aliphatic heterocycles. The maximum atomic E-state index is 12.9. The maximum Gasteiger partial charge on any atom is 0.124 e. The minimum absolute atomic E-state index is 0.0525. The first-order valence-corrected chi connectivity index (χ1v) is 6.62. The molecule has 0 atom stereocenters. The normalized spacial score (nSPS) is 15.2. The molecule has 0 radical (unpaired) electrons. The Morgan fingerprint density at radius 3 is 2.67 bits per heavy atom. The Bertz CT molecular complexity index is 614. The topological polar surface area (TPSA) is 25.8 Å². The molecule has 0 spiro atoms. The minimum atomic E-state index is -0.0525. The second-order valence-electron chi connectivity index (χ2n) is 4.08. The third kappa shape index (κ3) is 2.24. The molecule has 3 rings (SSSR count). The van der Waals surface area contributed by atoms with E-state index in [1.54, 1.807) is 23.7 Å². The summed E-state index contributed by atoms with van der Waals surface area (Å²) in [7, 11) is 0. The molecule has 2 heterocycles. The van der Waals surface area contributed by atoms with Crippen molar-refractivity contribution in [2.45, 2.75) is 12.8 Å². The van der Waals surface area contributed by atoms with E-state index in [9.17, 15) is 4.39 Å². The Labute approximate surface area is 109 Å². The van der Waals surface area contributed by atoms with Crippen molar-refractivity contribution in [1.82, 2.24) is 9.97 Å². The van der Waals surface area contributed by atoms with Crippen molar-refractivity contribution in [1.29, 1.82) is 0 Å². The van der Waals surface area contributed by atoms with Gasteiger partial charge in [-0.3, -0.25) is 4.98 Å². The Kier molecular flexibility index (Phi) is 3.02. The third-order valence-corrected chi connectivity index (χ3v) is 3.75. The van der Waals surface area contributed by atoms with E-state index in [0.717, 1.165) is 28.3 Å². The molecule has 2 aromatic heterocycles. The van der Waals surface area contributed by atoms with E-state index in [4.69, 9.17) is 0 Å². The molecule has 18 heavy (non-hydrogen) atoms. The van der Waals surface area contributed by atoms with Gasteiger partial charge in [0.25, 0.3) is 0 Å². The molecular weight excluding hydrogens is 247 g/mol. The summed E-state index contributed by atoms with van der Waals surface area (Å²) in [5.74, 6) is -0.0525. The highest BCUT2D eigenvalue weighted by Crippen LogP contribution is 2.31.